The Morgan fingerprint density at radius 3 is 2.77 bits per heavy atom. The van der Waals surface area contributed by atoms with E-state index in [-0.39, 0.29) is 9.92 Å². The first-order chi connectivity index (χ1) is 10.2. The van der Waals surface area contributed by atoms with Crippen LogP contribution in [0.25, 0.3) is 0 Å². The molecule has 0 bridgehead atoms. The summed E-state index contributed by atoms with van der Waals surface area (Å²) < 4.78 is 23.2. The van der Waals surface area contributed by atoms with Crippen molar-refractivity contribution in [1.29, 1.82) is 0 Å². The molecule has 9 heteroatoms. The minimum Gasteiger partial charge on any atom is -0.366 e. The Balaban J connectivity index is 2.00. The highest BCUT2D eigenvalue weighted by Gasteiger charge is 2.43. The number of amidine groups is 1. The summed E-state index contributed by atoms with van der Waals surface area (Å²) in [5.41, 5.74) is -0.903. The van der Waals surface area contributed by atoms with Gasteiger partial charge in [0.25, 0.3) is 0 Å². The number of nitrogens with two attached hydrogens (primary N) is 1. The van der Waals surface area contributed by atoms with Crippen LogP contribution in [0, 0.1) is 0 Å². The highest BCUT2D eigenvalue weighted by molar-refractivity contribution is 8.14. The van der Waals surface area contributed by atoms with Crippen LogP contribution in [0.2, 0.25) is 5.02 Å². The number of nitrogens with zero attached hydrogens (tertiary/aromatic N) is 2. The van der Waals surface area contributed by atoms with Gasteiger partial charge in [-0.25, -0.2) is 13.6 Å². The molecule has 1 aromatic carbocycles. The van der Waals surface area contributed by atoms with E-state index in [4.69, 9.17) is 16.7 Å². The number of hydrogen-bond donors (Lipinski definition) is 2. The molecule has 1 aromatic rings. The van der Waals surface area contributed by atoms with E-state index in [1.54, 1.807) is 18.0 Å². The first-order valence-corrected chi connectivity index (χ1v) is 9.62. The summed E-state index contributed by atoms with van der Waals surface area (Å²) in [6, 6.07) is 4.71. The van der Waals surface area contributed by atoms with E-state index in [0.29, 0.717) is 17.4 Å². The van der Waals surface area contributed by atoms with E-state index >= 15 is 0 Å². The molecule has 1 atom stereocenters. The molecule has 1 aliphatic carbocycles. The highest BCUT2D eigenvalue weighted by atomic mass is 35.5. The van der Waals surface area contributed by atoms with Crippen molar-refractivity contribution in [3.8, 4) is 0 Å². The fraction of sp³-hybridized carbons (Fsp3) is 0.462. The summed E-state index contributed by atoms with van der Waals surface area (Å²) in [5.74, 6) is 0.362. The fourth-order valence-corrected chi connectivity index (χ4v) is 4.58. The Labute approximate surface area is 138 Å². The van der Waals surface area contributed by atoms with Crippen molar-refractivity contribution in [2.45, 2.75) is 29.5 Å². The lowest BCUT2D eigenvalue weighted by molar-refractivity contribution is -0.0350. The second kappa shape index (κ2) is 5.38. The summed E-state index contributed by atoms with van der Waals surface area (Å²) in [4.78, 5) is 6.04. The molecule has 1 saturated heterocycles. The number of halogens is 1. The first kappa shape index (κ1) is 16.1. The van der Waals surface area contributed by atoms with Crippen molar-refractivity contribution in [2.75, 3.05) is 12.8 Å². The quantitative estimate of drug-likeness (QED) is 0.846. The van der Waals surface area contributed by atoms with Crippen LogP contribution in [-0.2, 0) is 15.7 Å². The number of thioether (sulfide) groups is 1. The number of aliphatic hydroxyl groups is 1. The Morgan fingerprint density at radius 1 is 1.50 bits per heavy atom. The lowest BCUT2D eigenvalue weighted by Gasteiger charge is -2.31. The molecule has 0 aromatic heterocycles. The van der Waals surface area contributed by atoms with Gasteiger partial charge in [-0.3, -0.25) is 4.99 Å². The van der Waals surface area contributed by atoms with Crippen LogP contribution in [0.3, 0.4) is 0 Å². The predicted octanol–water partition coefficient (Wildman–Crippen LogP) is 1.33. The van der Waals surface area contributed by atoms with E-state index in [1.165, 1.54) is 23.9 Å². The SMILES string of the molecule is CN1C(=NC2CC2)SCC1(O)c1ccc(Cl)c(S(N)(=O)=O)c1. The van der Waals surface area contributed by atoms with Gasteiger partial charge >= 0.3 is 0 Å². The van der Waals surface area contributed by atoms with Gasteiger partial charge in [0.15, 0.2) is 10.9 Å². The molecule has 3 N–H and O–H groups in total. The Hall–Kier alpha value is -0.800. The van der Waals surface area contributed by atoms with Crippen LogP contribution in [0.5, 0.6) is 0 Å². The van der Waals surface area contributed by atoms with E-state index in [9.17, 15) is 13.5 Å². The van der Waals surface area contributed by atoms with Crippen molar-refractivity contribution in [3.05, 3.63) is 28.8 Å². The number of rotatable bonds is 3. The highest BCUT2D eigenvalue weighted by Crippen LogP contribution is 2.40. The molecule has 22 heavy (non-hydrogen) atoms. The van der Waals surface area contributed by atoms with Gasteiger partial charge in [-0.1, -0.05) is 29.4 Å². The molecule has 3 rings (SSSR count). The monoisotopic (exact) mass is 361 g/mol. The van der Waals surface area contributed by atoms with Crippen LogP contribution in [-0.4, -0.2) is 42.4 Å². The van der Waals surface area contributed by atoms with E-state index in [2.05, 4.69) is 4.99 Å². The van der Waals surface area contributed by atoms with Gasteiger partial charge in [-0.05, 0) is 25.0 Å². The number of aliphatic imine (C=N–C) groups is 1. The van der Waals surface area contributed by atoms with Crippen LogP contribution in [0.1, 0.15) is 18.4 Å². The molecule has 1 aliphatic heterocycles. The molecule has 0 radical (unpaired) electrons. The summed E-state index contributed by atoms with van der Waals surface area (Å²) >= 11 is 7.34. The van der Waals surface area contributed by atoms with Crippen LogP contribution >= 0.6 is 23.4 Å². The second-order valence-electron chi connectivity index (χ2n) is 5.50. The van der Waals surface area contributed by atoms with E-state index in [0.717, 1.165) is 18.0 Å². The molecule has 1 saturated carbocycles. The van der Waals surface area contributed by atoms with Gasteiger partial charge in [0.1, 0.15) is 4.90 Å². The van der Waals surface area contributed by atoms with Crippen molar-refractivity contribution in [1.82, 2.24) is 4.90 Å². The Bertz CT molecular complexity index is 749. The zero-order valence-electron chi connectivity index (χ0n) is 11.9. The average molecular weight is 362 g/mol. The van der Waals surface area contributed by atoms with Crippen LogP contribution in [0.15, 0.2) is 28.1 Å². The molecular weight excluding hydrogens is 346 g/mol. The van der Waals surface area contributed by atoms with Crippen molar-refractivity contribution in [2.24, 2.45) is 10.1 Å². The normalized spacial score (nSPS) is 27.6. The minimum absolute atomic E-state index is 0.0371. The molecule has 0 spiro atoms. The Kier molecular flexibility index (Phi) is 3.93. The largest absolute Gasteiger partial charge is 0.366 e. The first-order valence-electron chi connectivity index (χ1n) is 6.71. The molecule has 1 unspecified atom stereocenters. The standard InChI is InChI=1S/C13H16ClN3O3S2/c1-17-12(16-9-3-4-9)21-7-13(17,18)8-2-5-10(14)11(6-8)22(15,19)20/h2,5-6,9,18H,3-4,7H2,1H3,(H2,15,19,20). The maximum Gasteiger partial charge on any atom is 0.239 e. The smallest absolute Gasteiger partial charge is 0.239 e. The lowest BCUT2D eigenvalue weighted by Crippen LogP contribution is -2.42. The minimum atomic E-state index is -3.95. The summed E-state index contributed by atoms with van der Waals surface area (Å²) in [6.45, 7) is 0. The third-order valence-corrected chi connectivity index (χ3v) is 6.36. The molecule has 2 fully saturated rings. The number of sulfonamides is 1. The fourth-order valence-electron chi connectivity index (χ4n) is 2.25. The summed E-state index contributed by atoms with van der Waals surface area (Å²) in [7, 11) is -2.21. The van der Waals surface area contributed by atoms with Crippen LogP contribution in [0.4, 0.5) is 0 Å². The molecular formula is C13H16ClN3O3S2. The van der Waals surface area contributed by atoms with Gasteiger partial charge in [-0.15, -0.1) is 0 Å². The van der Waals surface area contributed by atoms with Crippen molar-refractivity contribution >= 4 is 38.6 Å². The lowest BCUT2D eigenvalue weighted by atomic mass is 10.0. The zero-order valence-corrected chi connectivity index (χ0v) is 14.2. The van der Waals surface area contributed by atoms with Crippen molar-refractivity contribution < 1.29 is 13.5 Å². The molecule has 1 heterocycles. The van der Waals surface area contributed by atoms with Gasteiger partial charge in [-0.2, -0.15) is 0 Å². The molecule has 120 valence electrons. The summed E-state index contributed by atoms with van der Waals surface area (Å²) in [6.07, 6.45) is 2.15. The zero-order chi connectivity index (χ0) is 16.1. The molecule has 2 aliphatic rings. The maximum atomic E-state index is 11.6. The average Bonchev–Trinajstić information content (AvgIpc) is 3.20. The number of benzene rings is 1. The third-order valence-electron chi connectivity index (χ3n) is 3.78. The molecule has 0 amide bonds. The Morgan fingerprint density at radius 2 is 2.18 bits per heavy atom. The van der Waals surface area contributed by atoms with Gasteiger partial charge in [0.05, 0.1) is 16.8 Å². The second-order valence-corrected chi connectivity index (χ2v) is 8.38. The van der Waals surface area contributed by atoms with Crippen molar-refractivity contribution in [3.63, 3.8) is 0 Å². The predicted molar refractivity (Wildman–Crippen MR) is 87.4 cm³/mol. The van der Waals surface area contributed by atoms with E-state index in [1.807, 2.05) is 0 Å². The maximum absolute atomic E-state index is 11.6. The molecule has 6 nitrogen and oxygen atoms in total. The topological polar surface area (TPSA) is 96.0 Å². The van der Waals surface area contributed by atoms with Gasteiger partial charge in [0.2, 0.25) is 10.0 Å². The van der Waals surface area contributed by atoms with Crippen LogP contribution < -0.4 is 5.14 Å². The van der Waals surface area contributed by atoms with Gasteiger partial charge < -0.3 is 10.0 Å². The third kappa shape index (κ3) is 2.85. The number of hydrogen-bond acceptors (Lipinski definition) is 5. The van der Waals surface area contributed by atoms with Gasteiger partial charge in [0, 0.05) is 12.6 Å². The van der Waals surface area contributed by atoms with E-state index < -0.39 is 15.7 Å². The number of primary sulfonamides is 1. The summed E-state index contributed by atoms with van der Waals surface area (Å²) in [5, 5.41) is 16.9.